The fourth-order valence-electron chi connectivity index (χ4n) is 8.44. The van der Waals surface area contributed by atoms with Crippen molar-refractivity contribution in [3.8, 4) is 5.75 Å². The third-order valence-electron chi connectivity index (χ3n) is 9.23. The van der Waals surface area contributed by atoms with Gasteiger partial charge in [-0.2, -0.15) is 0 Å². The molecular weight excluding hydrogens is 324 g/mol. The summed E-state index contributed by atoms with van der Waals surface area (Å²) >= 11 is 0. The topological polar surface area (TPSA) is 58.7 Å². The van der Waals surface area contributed by atoms with Crippen molar-refractivity contribution in [1.29, 1.82) is 0 Å². The van der Waals surface area contributed by atoms with Crippen LogP contribution in [0.25, 0.3) is 0 Å². The van der Waals surface area contributed by atoms with Crippen LogP contribution in [0.1, 0.15) is 43.2 Å². The molecule has 5 aliphatic carbocycles. The number of aliphatic hydroxyl groups is 1. The summed E-state index contributed by atoms with van der Waals surface area (Å²) in [6.07, 6.45) is 6.75. The van der Waals surface area contributed by atoms with Crippen LogP contribution in [-0.2, 0) is 11.8 Å². The quantitative estimate of drug-likeness (QED) is 0.871. The van der Waals surface area contributed by atoms with Crippen LogP contribution in [0, 0.1) is 17.3 Å². The second kappa shape index (κ2) is 4.16. The Hall–Kier alpha value is -1.10. The standard InChI is InChI=1S/C22H28N2O2/c1-26-15-5-4-13-9-20-17-18(20)24(11-12-2-3-12)19(20)22(25)10-14(23)6-7-21(17,22)16(13)8-15/h4-5,8,12,14,17-19,25H,2-3,6-7,9-11,23H2,1H3/t14-,17?,18?,19+,20?,21+,22+/m0/s1. The monoisotopic (exact) mass is 352 g/mol. The minimum absolute atomic E-state index is 0.0830. The fraction of sp³-hybridized carbons (Fsp3) is 0.727. The van der Waals surface area contributed by atoms with E-state index in [1.54, 1.807) is 7.11 Å². The van der Waals surface area contributed by atoms with Gasteiger partial charge in [-0.15, -0.1) is 0 Å². The van der Waals surface area contributed by atoms with Gasteiger partial charge >= 0.3 is 0 Å². The SMILES string of the molecule is COc1ccc2c(c1)[C@@]13CC[C@H](N)C[C@@]1(O)[C@@H]1N(CC4CC4)C4C3C41C2. The Kier molecular flexibility index (Phi) is 2.38. The van der Waals surface area contributed by atoms with Gasteiger partial charge in [0, 0.05) is 35.5 Å². The van der Waals surface area contributed by atoms with E-state index in [0.29, 0.717) is 23.4 Å². The highest BCUT2D eigenvalue weighted by atomic mass is 16.5. The molecule has 138 valence electrons. The normalized spacial score (nSPS) is 52.6. The number of ether oxygens (including phenoxy) is 1. The Labute approximate surface area is 154 Å². The predicted octanol–water partition coefficient (Wildman–Crippen LogP) is 1.82. The minimum Gasteiger partial charge on any atom is -0.497 e. The highest BCUT2D eigenvalue weighted by molar-refractivity contribution is 5.62. The molecule has 4 heteroatoms. The molecule has 1 aromatic carbocycles. The van der Waals surface area contributed by atoms with Crippen LogP contribution in [0.4, 0.5) is 0 Å². The van der Waals surface area contributed by atoms with Crippen LogP contribution in [0.15, 0.2) is 18.2 Å². The van der Waals surface area contributed by atoms with Gasteiger partial charge in [0.05, 0.1) is 12.7 Å². The molecule has 1 heterocycles. The summed E-state index contributed by atoms with van der Waals surface area (Å²) in [4.78, 5) is 2.71. The van der Waals surface area contributed by atoms with E-state index in [1.165, 1.54) is 30.5 Å². The maximum absolute atomic E-state index is 12.3. The predicted molar refractivity (Wildman–Crippen MR) is 98.1 cm³/mol. The Morgan fingerprint density at radius 3 is 2.92 bits per heavy atom. The summed E-state index contributed by atoms with van der Waals surface area (Å²) in [5.41, 5.74) is 8.88. The first-order valence-electron chi connectivity index (χ1n) is 10.5. The zero-order valence-electron chi connectivity index (χ0n) is 15.4. The lowest BCUT2D eigenvalue weighted by molar-refractivity contribution is -0.178. The minimum atomic E-state index is -0.656. The largest absolute Gasteiger partial charge is 0.497 e. The Morgan fingerprint density at radius 1 is 1.31 bits per heavy atom. The molecule has 26 heavy (non-hydrogen) atoms. The van der Waals surface area contributed by atoms with Crippen LogP contribution >= 0.6 is 0 Å². The highest BCUT2D eigenvalue weighted by Gasteiger charge is 2.97. The summed E-state index contributed by atoms with van der Waals surface area (Å²) < 4.78 is 5.57. The van der Waals surface area contributed by atoms with Crippen molar-refractivity contribution < 1.29 is 9.84 Å². The van der Waals surface area contributed by atoms with E-state index in [4.69, 9.17) is 10.5 Å². The lowest BCUT2D eigenvalue weighted by Crippen LogP contribution is -2.74. The van der Waals surface area contributed by atoms with Crippen LogP contribution in [0.5, 0.6) is 5.75 Å². The summed E-state index contributed by atoms with van der Waals surface area (Å²) in [5, 5.41) is 12.3. The molecule has 0 amide bonds. The summed E-state index contributed by atoms with van der Waals surface area (Å²) in [5.74, 6) is 2.45. The molecule has 7 rings (SSSR count). The molecule has 5 fully saturated rings. The van der Waals surface area contributed by atoms with Crippen molar-refractivity contribution in [2.45, 2.75) is 67.7 Å². The average Bonchev–Trinajstić information content (AvgIpc) is 3.50. The van der Waals surface area contributed by atoms with Gasteiger partial charge in [0.1, 0.15) is 5.75 Å². The maximum atomic E-state index is 12.3. The lowest BCUT2D eigenvalue weighted by atomic mass is 9.54. The van der Waals surface area contributed by atoms with Gasteiger partial charge in [0.25, 0.3) is 0 Å². The molecule has 0 radical (unpaired) electrons. The first-order valence-corrected chi connectivity index (χ1v) is 10.5. The molecule has 4 saturated carbocycles. The van der Waals surface area contributed by atoms with Crippen molar-refractivity contribution in [2.24, 2.45) is 23.0 Å². The third kappa shape index (κ3) is 1.30. The number of likely N-dealkylation sites (tertiary alicyclic amines) is 1. The molecule has 1 aliphatic heterocycles. The molecule has 6 aliphatic rings. The highest BCUT2D eigenvalue weighted by Crippen LogP contribution is 2.88. The summed E-state index contributed by atoms with van der Waals surface area (Å²) in [6.45, 7) is 1.21. The number of nitrogens with two attached hydrogens (primary N) is 1. The van der Waals surface area contributed by atoms with Gasteiger partial charge in [0.2, 0.25) is 0 Å². The van der Waals surface area contributed by atoms with Crippen LogP contribution in [-0.4, -0.2) is 47.4 Å². The third-order valence-corrected chi connectivity index (χ3v) is 9.23. The molecule has 3 N–H and O–H groups in total. The van der Waals surface area contributed by atoms with Crippen LogP contribution < -0.4 is 10.5 Å². The molecule has 4 nitrogen and oxygen atoms in total. The number of piperidine rings is 1. The number of nitrogens with zero attached hydrogens (tertiary/aromatic N) is 1. The van der Waals surface area contributed by atoms with E-state index in [-0.39, 0.29) is 11.5 Å². The molecule has 0 aromatic heterocycles. The van der Waals surface area contributed by atoms with Gasteiger partial charge in [-0.1, -0.05) is 6.07 Å². The second-order valence-electron chi connectivity index (χ2n) is 10.2. The van der Waals surface area contributed by atoms with Gasteiger partial charge in [-0.05, 0) is 73.6 Å². The molecule has 7 atom stereocenters. The van der Waals surface area contributed by atoms with Crippen molar-refractivity contribution in [1.82, 2.24) is 4.90 Å². The number of hydrogen-bond acceptors (Lipinski definition) is 4. The molecule has 3 unspecified atom stereocenters. The van der Waals surface area contributed by atoms with Gasteiger partial charge in [0.15, 0.2) is 0 Å². The maximum Gasteiger partial charge on any atom is 0.119 e. The van der Waals surface area contributed by atoms with Crippen molar-refractivity contribution in [3.63, 3.8) is 0 Å². The van der Waals surface area contributed by atoms with Crippen molar-refractivity contribution >= 4 is 0 Å². The average molecular weight is 352 g/mol. The number of methoxy groups -OCH3 is 1. The first-order chi connectivity index (χ1) is 12.6. The lowest BCUT2D eigenvalue weighted by Gasteiger charge is -2.61. The van der Waals surface area contributed by atoms with Crippen molar-refractivity contribution in [2.75, 3.05) is 13.7 Å². The number of fused-ring (bicyclic) bond motifs is 2. The molecule has 1 saturated heterocycles. The van der Waals surface area contributed by atoms with Crippen LogP contribution in [0.3, 0.4) is 0 Å². The van der Waals surface area contributed by atoms with E-state index in [1.807, 2.05) is 0 Å². The Morgan fingerprint density at radius 2 is 2.15 bits per heavy atom. The summed E-state index contributed by atoms with van der Waals surface area (Å²) in [6, 6.07) is 7.80. The zero-order chi connectivity index (χ0) is 17.5. The number of benzene rings is 1. The first kappa shape index (κ1) is 14.9. The van der Waals surface area contributed by atoms with Crippen molar-refractivity contribution in [3.05, 3.63) is 29.3 Å². The van der Waals surface area contributed by atoms with E-state index in [2.05, 4.69) is 23.1 Å². The molecular formula is C22H28N2O2. The van der Waals surface area contributed by atoms with E-state index >= 15 is 0 Å². The Balaban J connectivity index is 1.42. The van der Waals surface area contributed by atoms with Gasteiger partial charge in [-0.25, -0.2) is 0 Å². The number of hydrogen-bond donors (Lipinski definition) is 2. The molecule has 1 aromatic rings. The number of rotatable bonds is 3. The Bertz CT molecular complexity index is 837. The second-order valence-corrected chi connectivity index (χ2v) is 10.2. The van der Waals surface area contributed by atoms with E-state index in [9.17, 15) is 5.11 Å². The van der Waals surface area contributed by atoms with E-state index in [0.717, 1.165) is 37.4 Å². The van der Waals surface area contributed by atoms with Gasteiger partial charge < -0.3 is 15.6 Å². The van der Waals surface area contributed by atoms with Crippen LogP contribution in [0.2, 0.25) is 0 Å². The van der Waals surface area contributed by atoms with E-state index < -0.39 is 5.60 Å². The smallest absolute Gasteiger partial charge is 0.119 e. The van der Waals surface area contributed by atoms with Gasteiger partial charge in [-0.3, -0.25) is 4.90 Å². The molecule has 2 bridgehead atoms. The summed E-state index contributed by atoms with van der Waals surface area (Å²) in [7, 11) is 1.75. The molecule has 2 spiro atoms. The fourth-order valence-corrected chi connectivity index (χ4v) is 8.44. The zero-order valence-corrected chi connectivity index (χ0v) is 15.4.